The van der Waals surface area contributed by atoms with Gasteiger partial charge in [0, 0.05) is 44.3 Å². The molecule has 5 heterocycles. The molecular weight excluding hydrogens is 432 g/mol. The fourth-order valence-electron chi connectivity index (χ4n) is 4.15. The van der Waals surface area contributed by atoms with Gasteiger partial charge in [0.15, 0.2) is 5.82 Å². The lowest BCUT2D eigenvalue weighted by molar-refractivity contribution is -0.0502. The average molecular weight is 457 g/mol. The summed E-state index contributed by atoms with van der Waals surface area (Å²) in [7, 11) is 0. The molecule has 5 rings (SSSR count). The van der Waals surface area contributed by atoms with Crippen LogP contribution in [-0.4, -0.2) is 90.5 Å². The van der Waals surface area contributed by atoms with Crippen LogP contribution >= 0.6 is 11.3 Å². The summed E-state index contributed by atoms with van der Waals surface area (Å²) >= 11 is 1.26. The number of hydrogen-bond donors (Lipinski definition) is 0. The quantitative estimate of drug-likeness (QED) is 0.636. The molecule has 0 spiro atoms. The van der Waals surface area contributed by atoms with Crippen molar-refractivity contribution in [2.75, 3.05) is 52.5 Å². The van der Waals surface area contributed by atoms with E-state index in [-0.39, 0.29) is 17.8 Å². The molecule has 3 aliphatic rings. The highest BCUT2D eigenvalue weighted by Crippen LogP contribution is 2.34. The van der Waals surface area contributed by atoms with Crippen molar-refractivity contribution < 1.29 is 14.3 Å². The SMILES string of the molecule is O=Nc1nc(C2=CCCC=N2)nc2c(C(=O)N3CCO[C@H](CN4CCOCC4)C3)csc12. The number of thiophene rings is 1. The molecule has 1 amide bonds. The van der Waals surface area contributed by atoms with Crippen molar-refractivity contribution >= 4 is 45.2 Å². The Balaban J connectivity index is 1.39. The highest BCUT2D eigenvalue weighted by atomic mass is 32.1. The monoisotopic (exact) mass is 456 g/mol. The van der Waals surface area contributed by atoms with E-state index in [2.05, 4.69) is 25.0 Å². The maximum atomic E-state index is 13.4. The lowest BCUT2D eigenvalue weighted by Gasteiger charge is -2.36. The third-order valence-corrected chi connectivity index (χ3v) is 6.76. The fraction of sp³-hybridized carbons (Fsp3) is 0.524. The second kappa shape index (κ2) is 9.49. The Morgan fingerprint density at radius 1 is 1.19 bits per heavy atom. The summed E-state index contributed by atoms with van der Waals surface area (Å²) in [5.74, 6) is 0.250. The number of allylic oxidation sites excluding steroid dienone is 1. The van der Waals surface area contributed by atoms with E-state index in [1.807, 2.05) is 11.0 Å². The molecule has 2 aromatic heterocycles. The molecule has 0 saturated carbocycles. The zero-order valence-corrected chi connectivity index (χ0v) is 18.4. The number of aliphatic imine (C=N–C) groups is 1. The van der Waals surface area contributed by atoms with Crippen LogP contribution in [0.3, 0.4) is 0 Å². The Labute approximate surface area is 188 Å². The van der Waals surface area contributed by atoms with E-state index in [9.17, 15) is 9.70 Å². The summed E-state index contributed by atoms with van der Waals surface area (Å²) in [4.78, 5) is 42.2. The fourth-order valence-corrected chi connectivity index (χ4v) is 5.05. The van der Waals surface area contributed by atoms with Gasteiger partial charge in [0.25, 0.3) is 5.91 Å². The second-order valence-corrected chi connectivity index (χ2v) is 8.80. The van der Waals surface area contributed by atoms with Crippen LogP contribution in [0.2, 0.25) is 0 Å². The molecule has 10 nitrogen and oxygen atoms in total. The van der Waals surface area contributed by atoms with Crippen LogP contribution < -0.4 is 0 Å². The predicted octanol–water partition coefficient (Wildman–Crippen LogP) is 2.47. The number of nitroso groups, excluding NO2 is 1. The van der Waals surface area contributed by atoms with Crippen LogP contribution in [0.25, 0.3) is 15.9 Å². The topological polar surface area (TPSA) is 110 Å². The molecule has 0 N–H and O–H groups in total. The summed E-state index contributed by atoms with van der Waals surface area (Å²) in [6, 6.07) is 0. The first kappa shape index (κ1) is 21.3. The van der Waals surface area contributed by atoms with Gasteiger partial charge in [-0.1, -0.05) is 6.08 Å². The molecule has 2 aromatic rings. The first-order chi connectivity index (χ1) is 15.7. The van der Waals surface area contributed by atoms with Crippen molar-refractivity contribution in [1.29, 1.82) is 0 Å². The predicted molar refractivity (Wildman–Crippen MR) is 121 cm³/mol. The highest BCUT2D eigenvalue weighted by Gasteiger charge is 2.29. The number of morpholine rings is 2. The maximum absolute atomic E-state index is 13.4. The largest absolute Gasteiger partial charge is 0.379 e. The van der Waals surface area contributed by atoms with Gasteiger partial charge in [-0.2, -0.15) is 0 Å². The Morgan fingerprint density at radius 2 is 2.06 bits per heavy atom. The van der Waals surface area contributed by atoms with Crippen LogP contribution in [-0.2, 0) is 9.47 Å². The van der Waals surface area contributed by atoms with Crippen molar-refractivity contribution in [3.8, 4) is 0 Å². The molecule has 1 atom stereocenters. The number of amides is 1. The van der Waals surface area contributed by atoms with Gasteiger partial charge in [0.05, 0.1) is 31.5 Å². The molecule has 0 unspecified atom stereocenters. The summed E-state index contributed by atoms with van der Waals surface area (Å²) in [5.41, 5.74) is 1.52. The molecular formula is C21H24N6O4S. The van der Waals surface area contributed by atoms with Crippen LogP contribution in [0.4, 0.5) is 5.82 Å². The average Bonchev–Trinajstić information content (AvgIpc) is 3.28. The normalized spacial score (nSPS) is 22.2. The van der Waals surface area contributed by atoms with Crippen LogP contribution in [0.1, 0.15) is 29.0 Å². The summed E-state index contributed by atoms with van der Waals surface area (Å²) in [6.45, 7) is 5.51. The number of carbonyl (C=O) groups is 1. The van der Waals surface area contributed by atoms with Gasteiger partial charge in [0.1, 0.15) is 15.9 Å². The lowest BCUT2D eigenvalue weighted by Crippen LogP contribution is -2.51. The third kappa shape index (κ3) is 4.33. The standard InChI is InChI=1S/C21H24N6O4S/c28-21(27-7-10-31-14(12-27)11-26-5-8-30-9-6-26)15-13-32-18-17(15)23-19(24-20(18)25-29)16-3-1-2-4-22-16/h3-4,13-14H,1-2,5-12H2/t14-/m1/s1. The number of rotatable bonds is 5. The minimum atomic E-state index is -0.117. The van der Waals surface area contributed by atoms with Gasteiger partial charge in [-0.05, 0) is 18.0 Å². The molecule has 0 aliphatic carbocycles. The Hall–Kier alpha value is -2.60. The van der Waals surface area contributed by atoms with Crippen molar-refractivity contribution in [1.82, 2.24) is 19.8 Å². The Kier molecular flexibility index (Phi) is 6.30. The molecule has 2 saturated heterocycles. The molecule has 32 heavy (non-hydrogen) atoms. The van der Waals surface area contributed by atoms with Crippen molar-refractivity contribution in [2.45, 2.75) is 18.9 Å². The number of hydrogen-bond acceptors (Lipinski definition) is 10. The van der Waals surface area contributed by atoms with Gasteiger partial charge in [0.2, 0.25) is 5.82 Å². The van der Waals surface area contributed by atoms with Gasteiger partial charge in [-0.25, -0.2) is 9.97 Å². The minimum Gasteiger partial charge on any atom is -0.379 e. The number of fused-ring (bicyclic) bond motifs is 1. The molecule has 0 radical (unpaired) electrons. The number of carbonyl (C=O) groups excluding carboxylic acids is 1. The van der Waals surface area contributed by atoms with Crippen molar-refractivity contribution in [2.24, 2.45) is 10.2 Å². The Bertz CT molecular complexity index is 1080. The third-order valence-electron chi connectivity index (χ3n) is 5.80. The zero-order chi connectivity index (χ0) is 21.9. The molecule has 168 valence electrons. The van der Waals surface area contributed by atoms with Gasteiger partial charge < -0.3 is 14.4 Å². The second-order valence-electron chi connectivity index (χ2n) is 7.92. The lowest BCUT2D eigenvalue weighted by atomic mass is 10.2. The number of ether oxygens (including phenoxy) is 2. The first-order valence-electron chi connectivity index (χ1n) is 10.8. The van der Waals surface area contributed by atoms with E-state index in [1.165, 1.54) is 11.3 Å². The zero-order valence-electron chi connectivity index (χ0n) is 17.6. The summed E-state index contributed by atoms with van der Waals surface area (Å²) < 4.78 is 11.9. The summed E-state index contributed by atoms with van der Waals surface area (Å²) in [5, 5.41) is 4.83. The van der Waals surface area contributed by atoms with Crippen molar-refractivity contribution in [3.63, 3.8) is 0 Å². The molecule has 0 bridgehead atoms. The van der Waals surface area contributed by atoms with E-state index in [0.29, 0.717) is 47.0 Å². The van der Waals surface area contributed by atoms with E-state index in [1.54, 1.807) is 11.6 Å². The molecule has 2 fully saturated rings. The van der Waals surface area contributed by atoms with Crippen LogP contribution in [0.5, 0.6) is 0 Å². The number of nitrogens with zero attached hydrogens (tertiary/aromatic N) is 6. The molecule has 3 aliphatic heterocycles. The number of aromatic nitrogens is 2. The Morgan fingerprint density at radius 3 is 2.84 bits per heavy atom. The van der Waals surface area contributed by atoms with E-state index in [4.69, 9.17) is 9.47 Å². The smallest absolute Gasteiger partial charge is 0.257 e. The van der Waals surface area contributed by atoms with Crippen LogP contribution in [0.15, 0.2) is 21.6 Å². The maximum Gasteiger partial charge on any atom is 0.257 e. The van der Waals surface area contributed by atoms with Crippen LogP contribution in [0, 0.1) is 4.91 Å². The van der Waals surface area contributed by atoms with E-state index in [0.717, 1.165) is 45.7 Å². The van der Waals surface area contributed by atoms with E-state index < -0.39 is 0 Å². The van der Waals surface area contributed by atoms with Crippen molar-refractivity contribution in [3.05, 3.63) is 27.8 Å². The van der Waals surface area contributed by atoms with E-state index >= 15 is 0 Å². The first-order valence-corrected chi connectivity index (χ1v) is 11.7. The summed E-state index contributed by atoms with van der Waals surface area (Å²) in [6.07, 6.45) is 5.38. The minimum absolute atomic E-state index is 0.0443. The van der Waals surface area contributed by atoms with Gasteiger partial charge in [-0.3, -0.25) is 14.7 Å². The molecule has 0 aromatic carbocycles. The molecule has 11 heteroatoms. The van der Waals surface area contributed by atoms with Gasteiger partial charge >= 0.3 is 0 Å². The highest BCUT2D eigenvalue weighted by molar-refractivity contribution is 7.18. The van der Waals surface area contributed by atoms with Gasteiger partial charge in [-0.15, -0.1) is 16.2 Å².